The van der Waals surface area contributed by atoms with E-state index in [1.54, 1.807) is 0 Å². The van der Waals surface area contributed by atoms with Gasteiger partial charge in [-0.3, -0.25) is 14.4 Å². The standard InChI is InChI=1S/C15H28N4O6S2/c1-26-5-3-9(17-12(21)7-16)13(22)19-11(8-20)14(23)18-10(15(24)25)4-6-27-2/h9-11,20H,3-8,16H2,1-2H3,(H,17,21)(H,18,23)(H,19,22)(H,24,25). The molecule has 156 valence electrons. The molecule has 0 aliphatic rings. The molecule has 3 unspecified atom stereocenters. The molecule has 27 heavy (non-hydrogen) atoms. The minimum Gasteiger partial charge on any atom is -0.480 e. The Balaban J connectivity index is 4.96. The monoisotopic (exact) mass is 424 g/mol. The summed E-state index contributed by atoms with van der Waals surface area (Å²) in [6.45, 7) is -1.00. The average Bonchev–Trinajstić information content (AvgIpc) is 2.65. The zero-order valence-corrected chi connectivity index (χ0v) is 17.0. The highest BCUT2D eigenvalue weighted by molar-refractivity contribution is 7.98. The van der Waals surface area contributed by atoms with Crippen molar-refractivity contribution in [3.63, 3.8) is 0 Å². The first kappa shape index (κ1) is 25.5. The molecule has 0 fully saturated rings. The number of carboxylic acid groups (broad SMARTS) is 1. The van der Waals surface area contributed by atoms with Gasteiger partial charge in [0, 0.05) is 0 Å². The molecule has 0 spiro atoms. The number of thioether (sulfide) groups is 2. The fourth-order valence-corrected chi connectivity index (χ4v) is 2.93. The van der Waals surface area contributed by atoms with Crippen molar-refractivity contribution in [3.8, 4) is 0 Å². The summed E-state index contributed by atoms with van der Waals surface area (Å²) in [6, 6.07) is -3.37. The Bertz CT molecular complexity index is 509. The van der Waals surface area contributed by atoms with Gasteiger partial charge in [0.05, 0.1) is 13.2 Å². The third-order valence-electron chi connectivity index (χ3n) is 3.49. The molecule has 12 heteroatoms. The molecule has 0 aromatic carbocycles. The molecular weight excluding hydrogens is 396 g/mol. The number of amides is 3. The Kier molecular flexibility index (Phi) is 13.7. The molecule has 3 amide bonds. The number of carboxylic acids is 1. The van der Waals surface area contributed by atoms with Gasteiger partial charge in [-0.15, -0.1) is 0 Å². The molecule has 0 aliphatic carbocycles. The molecule has 0 bridgehead atoms. The number of aliphatic hydroxyl groups is 1. The lowest BCUT2D eigenvalue weighted by Gasteiger charge is -2.23. The van der Waals surface area contributed by atoms with Crippen LogP contribution >= 0.6 is 23.5 Å². The van der Waals surface area contributed by atoms with Crippen molar-refractivity contribution in [1.29, 1.82) is 0 Å². The van der Waals surface area contributed by atoms with Crippen LogP contribution in [0.2, 0.25) is 0 Å². The molecule has 0 saturated heterocycles. The van der Waals surface area contributed by atoms with Crippen molar-refractivity contribution in [2.24, 2.45) is 5.73 Å². The molecule has 0 radical (unpaired) electrons. The lowest BCUT2D eigenvalue weighted by Crippen LogP contribution is -2.57. The largest absolute Gasteiger partial charge is 0.480 e. The molecule has 0 aliphatic heterocycles. The second kappa shape index (κ2) is 14.5. The van der Waals surface area contributed by atoms with Gasteiger partial charge in [-0.05, 0) is 36.9 Å². The highest BCUT2D eigenvalue weighted by Gasteiger charge is 2.28. The van der Waals surface area contributed by atoms with E-state index in [1.807, 2.05) is 12.5 Å². The minimum absolute atomic E-state index is 0.206. The summed E-state index contributed by atoms with van der Waals surface area (Å²) < 4.78 is 0. The summed E-state index contributed by atoms with van der Waals surface area (Å²) in [4.78, 5) is 47.3. The lowest BCUT2D eigenvalue weighted by molar-refractivity contribution is -0.142. The summed E-state index contributed by atoms with van der Waals surface area (Å²) >= 11 is 2.91. The van der Waals surface area contributed by atoms with Crippen LogP contribution in [0.25, 0.3) is 0 Å². The first-order chi connectivity index (χ1) is 12.8. The quantitative estimate of drug-likeness (QED) is 0.184. The lowest BCUT2D eigenvalue weighted by atomic mass is 10.1. The maximum Gasteiger partial charge on any atom is 0.326 e. The van der Waals surface area contributed by atoms with E-state index in [1.165, 1.54) is 23.5 Å². The van der Waals surface area contributed by atoms with Crippen molar-refractivity contribution >= 4 is 47.2 Å². The van der Waals surface area contributed by atoms with Crippen molar-refractivity contribution < 1.29 is 29.4 Å². The third-order valence-corrected chi connectivity index (χ3v) is 4.78. The van der Waals surface area contributed by atoms with E-state index < -0.39 is 48.4 Å². The van der Waals surface area contributed by atoms with Gasteiger partial charge in [0.1, 0.15) is 18.1 Å². The van der Waals surface area contributed by atoms with Crippen LogP contribution < -0.4 is 21.7 Å². The van der Waals surface area contributed by atoms with Crippen molar-refractivity contribution in [1.82, 2.24) is 16.0 Å². The smallest absolute Gasteiger partial charge is 0.326 e. The molecule has 10 nitrogen and oxygen atoms in total. The SMILES string of the molecule is CSCCC(NC(=O)C(CO)NC(=O)C(CCSC)NC(=O)CN)C(=O)O. The van der Waals surface area contributed by atoms with Gasteiger partial charge in [0.25, 0.3) is 0 Å². The average molecular weight is 425 g/mol. The van der Waals surface area contributed by atoms with Crippen LogP contribution in [-0.4, -0.2) is 89.2 Å². The number of nitrogens with one attached hydrogen (secondary N) is 3. The number of nitrogens with two attached hydrogens (primary N) is 1. The normalized spacial score (nSPS) is 13.9. The van der Waals surface area contributed by atoms with E-state index in [-0.39, 0.29) is 13.0 Å². The van der Waals surface area contributed by atoms with Crippen molar-refractivity contribution in [2.75, 3.05) is 37.2 Å². The zero-order chi connectivity index (χ0) is 20.8. The molecule has 0 aromatic rings. The van der Waals surface area contributed by atoms with Crippen LogP contribution in [-0.2, 0) is 19.2 Å². The van der Waals surface area contributed by atoms with Gasteiger partial charge in [0.2, 0.25) is 17.7 Å². The molecular formula is C15H28N4O6S2. The Labute approximate surface area is 166 Å². The number of aliphatic carboxylic acids is 1. The summed E-state index contributed by atoms with van der Waals surface area (Å²) in [5.74, 6) is -2.09. The second-order valence-electron chi connectivity index (χ2n) is 5.53. The summed E-state index contributed by atoms with van der Waals surface area (Å²) in [5, 5.41) is 25.7. The Morgan fingerprint density at radius 1 is 0.889 bits per heavy atom. The van der Waals surface area contributed by atoms with Crippen LogP contribution in [0.4, 0.5) is 0 Å². The fraction of sp³-hybridized carbons (Fsp3) is 0.733. The summed E-state index contributed by atoms with van der Waals surface area (Å²) in [7, 11) is 0. The topological polar surface area (TPSA) is 171 Å². The van der Waals surface area contributed by atoms with Gasteiger partial charge in [0.15, 0.2) is 0 Å². The van der Waals surface area contributed by atoms with Gasteiger partial charge >= 0.3 is 5.97 Å². The second-order valence-corrected chi connectivity index (χ2v) is 7.50. The maximum atomic E-state index is 12.4. The minimum atomic E-state index is -1.33. The maximum absolute atomic E-state index is 12.4. The molecule has 0 saturated carbocycles. The Morgan fingerprint density at radius 3 is 1.81 bits per heavy atom. The third kappa shape index (κ3) is 10.4. The van der Waals surface area contributed by atoms with Crippen LogP contribution in [0.1, 0.15) is 12.8 Å². The zero-order valence-electron chi connectivity index (χ0n) is 15.4. The summed E-state index contributed by atoms with van der Waals surface area (Å²) in [5.41, 5.74) is 5.24. The number of hydrogen-bond donors (Lipinski definition) is 6. The van der Waals surface area contributed by atoms with Gasteiger partial charge in [-0.25, -0.2) is 4.79 Å². The number of carbonyl (C=O) groups excluding carboxylic acids is 3. The van der Waals surface area contributed by atoms with Crippen LogP contribution in [0.3, 0.4) is 0 Å². The number of aliphatic hydroxyl groups excluding tert-OH is 1. The van der Waals surface area contributed by atoms with Crippen molar-refractivity contribution in [2.45, 2.75) is 31.0 Å². The highest BCUT2D eigenvalue weighted by atomic mass is 32.2. The van der Waals surface area contributed by atoms with Gasteiger partial charge < -0.3 is 31.9 Å². The van der Waals surface area contributed by atoms with Crippen LogP contribution in [0, 0.1) is 0 Å². The van der Waals surface area contributed by atoms with Gasteiger partial charge in [-0.2, -0.15) is 23.5 Å². The first-order valence-electron chi connectivity index (χ1n) is 8.22. The Hall–Kier alpha value is -1.50. The van der Waals surface area contributed by atoms with Crippen LogP contribution in [0.15, 0.2) is 0 Å². The predicted octanol–water partition coefficient (Wildman–Crippen LogP) is -2.02. The first-order valence-corrected chi connectivity index (χ1v) is 11.0. The summed E-state index contributed by atoms with van der Waals surface area (Å²) in [6.07, 6.45) is 4.16. The van der Waals surface area contributed by atoms with Gasteiger partial charge in [-0.1, -0.05) is 0 Å². The molecule has 0 rings (SSSR count). The van der Waals surface area contributed by atoms with E-state index in [0.717, 1.165) is 0 Å². The highest BCUT2D eigenvalue weighted by Crippen LogP contribution is 2.03. The number of rotatable bonds is 14. The van der Waals surface area contributed by atoms with E-state index >= 15 is 0 Å². The van der Waals surface area contributed by atoms with E-state index in [0.29, 0.717) is 17.9 Å². The molecule has 0 aromatic heterocycles. The number of carbonyl (C=O) groups is 4. The fourth-order valence-electron chi connectivity index (χ4n) is 1.99. The molecule has 0 heterocycles. The van der Waals surface area contributed by atoms with Crippen molar-refractivity contribution in [3.05, 3.63) is 0 Å². The van der Waals surface area contributed by atoms with E-state index in [4.69, 9.17) is 10.8 Å². The van der Waals surface area contributed by atoms with E-state index in [2.05, 4.69) is 16.0 Å². The van der Waals surface area contributed by atoms with Crippen LogP contribution in [0.5, 0.6) is 0 Å². The Morgan fingerprint density at radius 2 is 1.37 bits per heavy atom. The molecule has 3 atom stereocenters. The number of hydrogen-bond acceptors (Lipinski definition) is 8. The molecule has 7 N–H and O–H groups in total. The predicted molar refractivity (Wildman–Crippen MR) is 106 cm³/mol. The van der Waals surface area contributed by atoms with E-state index in [9.17, 15) is 24.3 Å².